The first-order valence-corrected chi connectivity index (χ1v) is 28.7. The van der Waals surface area contributed by atoms with E-state index in [4.69, 9.17) is 23.9 Å². The van der Waals surface area contributed by atoms with Gasteiger partial charge in [-0.1, -0.05) is 58.4 Å². The standard InChI is InChI=1S/C63H69F3N8O12/c1-35(2)46-28-56(76)72(60(46)79)21-10-8-9-12-55(75)71-57(36(3)4)59(78)69-37(5)58(77)70-42-17-13-38(14-18-42)40-24-43-31-67-49-29-53(51(82-6)26-47(49)61(80)73(43)33-40)84-22-11-23-85-54-30-50-48(27-52(54)83-7)62(81)74-34-41(25-44(74)32-68-50)39-15-19-45(20-16-39)86-63(64,65)66/h13-20,26-27,29-37,43-44,46,57H,8-12,21-25,28H2,1-7H3,(H,69,78)(H,70,77)(H,71,75)/t37-,43-,44-,46?,57-/m0/s1. The molecule has 20 nitrogen and oxygen atoms in total. The molecule has 86 heavy (non-hydrogen) atoms. The minimum atomic E-state index is -4.81. The Morgan fingerprint density at radius 2 is 1.19 bits per heavy atom. The van der Waals surface area contributed by atoms with Crippen molar-refractivity contribution >= 4 is 82.0 Å². The van der Waals surface area contributed by atoms with Gasteiger partial charge in [-0.2, -0.15) is 0 Å². The van der Waals surface area contributed by atoms with E-state index in [-0.39, 0.29) is 90.7 Å². The lowest BCUT2D eigenvalue weighted by molar-refractivity contribution is -0.274. The summed E-state index contributed by atoms with van der Waals surface area (Å²) in [5.74, 6) is -1.62. The summed E-state index contributed by atoms with van der Waals surface area (Å²) < 4.78 is 65.6. The number of likely N-dealkylation sites (tertiary alicyclic amines) is 1. The number of hydrogen-bond donors (Lipinski definition) is 3. The van der Waals surface area contributed by atoms with Gasteiger partial charge >= 0.3 is 6.36 Å². The zero-order chi connectivity index (χ0) is 61.6. The highest BCUT2D eigenvalue weighted by atomic mass is 19.4. The number of rotatable bonds is 24. The molecule has 4 aromatic carbocycles. The van der Waals surface area contributed by atoms with Gasteiger partial charge < -0.3 is 49.4 Å². The van der Waals surface area contributed by atoms with E-state index >= 15 is 0 Å². The van der Waals surface area contributed by atoms with E-state index in [1.165, 1.54) is 48.3 Å². The number of alkyl halides is 3. The van der Waals surface area contributed by atoms with Crippen molar-refractivity contribution < 1.29 is 70.4 Å². The van der Waals surface area contributed by atoms with Gasteiger partial charge in [0.1, 0.15) is 17.8 Å². The molecule has 1 fully saturated rings. The number of unbranched alkanes of at least 4 members (excludes halogenated alkanes) is 2. The van der Waals surface area contributed by atoms with Crippen LogP contribution >= 0.6 is 0 Å². The fourth-order valence-electron chi connectivity index (χ4n) is 10.8. The van der Waals surface area contributed by atoms with Crippen LogP contribution in [0.3, 0.4) is 0 Å². The van der Waals surface area contributed by atoms with Gasteiger partial charge in [-0.25, -0.2) is 0 Å². The molecule has 1 saturated heterocycles. The van der Waals surface area contributed by atoms with Crippen molar-refractivity contribution in [2.75, 3.05) is 39.3 Å². The number of anilines is 1. The number of aliphatic imine (C=N–C) groups is 2. The van der Waals surface area contributed by atoms with Crippen molar-refractivity contribution in [1.82, 2.24) is 25.3 Å². The quantitative estimate of drug-likeness (QED) is 0.0439. The van der Waals surface area contributed by atoms with E-state index in [1.54, 1.807) is 86.9 Å². The van der Waals surface area contributed by atoms with Gasteiger partial charge in [0.2, 0.25) is 29.5 Å². The maximum Gasteiger partial charge on any atom is 0.573 e. The van der Waals surface area contributed by atoms with E-state index < -0.39 is 36.3 Å². The van der Waals surface area contributed by atoms with Crippen molar-refractivity contribution in [2.45, 2.75) is 117 Å². The largest absolute Gasteiger partial charge is 0.573 e. The normalized spacial score (nSPS) is 18.6. The van der Waals surface area contributed by atoms with Gasteiger partial charge in [0.15, 0.2) is 23.0 Å². The zero-order valence-electron chi connectivity index (χ0n) is 48.8. The summed E-state index contributed by atoms with van der Waals surface area (Å²) in [6.07, 6.45) is 5.42. The maximum absolute atomic E-state index is 14.1. The molecule has 7 amide bonds. The molecular weight excluding hydrogens is 1120 g/mol. The van der Waals surface area contributed by atoms with Crippen LogP contribution in [0.15, 0.2) is 95.2 Å². The molecule has 0 aromatic heterocycles. The van der Waals surface area contributed by atoms with Gasteiger partial charge in [0.05, 0.1) is 62.0 Å². The van der Waals surface area contributed by atoms with Crippen LogP contribution in [0.2, 0.25) is 0 Å². The highest BCUT2D eigenvalue weighted by molar-refractivity contribution is 6.07. The average Bonchev–Trinajstić information content (AvgIpc) is 3.26. The predicted octanol–water partition coefficient (Wildman–Crippen LogP) is 9.57. The summed E-state index contributed by atoms with van der Waals surface area (Å²) in [4.78, 5) is 106. The van der Waals surface area contributed by atoms with Gasteiger partial charge in [-0.3, -0.25) is 48.4 Å². The van der Waals surface area contributed by atoms with Crippen LogP contribution in [0.5, 0.6) is 28.7 Å². The third-order valence-electron chi connectivity index (χ3n) is 15.6. The molecular formula is C63H69F3N8O12. The number of fused-ring (bicyclic) bond motifs is 4. The number of methoxy groups -OCH3 is 2. The van der Waals surface area contributed by atoms with Gasteiger partial charge in [-0.15, -0.1) is 13.2 Å². The fraction of sp³-hybridized carbons (Fsp3) is 0.413. The Hall–Kier alpha value is -9.02. The lowest BCUT2D eigenvalue weighted by atomic mass is 9.94. The summed E-state index contributed by atoms with van der Waals surface area (Å²) in [6, 6.07) is 16.4. The van der Waals surface area contributed by atoms with E-state index in [1.807, 2.05) is 26.0 Å². The topological polar surface area (TPSA) is 236 Å². The molecule has 3 N–H and O–H groups in total. The minimum absolute atomic E-state index is 0.0930. The zero-order valence-corrected chi connectivity index (χ0v) is 48.8. The van der Waals surface area contributed by atoms with Crippen LogP contribution in [-0.4, -0.2) is 133 Å². The van der Waals surface area contributed by atoms with Crippen molar-refractivity contribution in [3.8, 4) is 28.7 Å². The first-order chi connectivity index (χ1) is 41.1. The number of amides is 7. The third-order valence-corrected chi connectivity index (χ3v) is 15.6. The number of benzene rings is 4. The summed E-state index contributed by atoms with van der Waals surface area (Å²) >= 11 is 0. The van der Waals surface area contributed by atoms with Gasteiger partial charge in [-0.05, 0) is 90.3 Å². The summed E-state index contributed by atoms with van der Waals surface area (Å²) in [7, 11) is 2.93. The van der Waals surface area contributed by atoms with Crippen molar-refractivity contribution in [2.24, 2.45) is 27.7 Å². The van der Waals surface area contributed by atoms with Crippen LogP contribution in [0.1, 0.15) is 118 Å². The monoisotopic (exact) mass is 1190 g/mol. The molecule has 9 rings (SSSR count). The van der Waals surface area contributed by atoms with Crippen molar-refractivity contribution in [3.63, 3.8) is 0 Å². The van der Waals surface area contributed by atoms with Crippen LogP contribution in [0, 0.1) is 17.8 Å². The Kier molecular flexibility index (Phi) is 19.0. The van der Waals surface area contributed by atoms with Crippen LogP contribution in [-0.2, 0) is 24.0 Å². The number of ether oxygens (including phenoxy) is 5. The molecule has 5 aliphatic heterocycles. The minimum Gasteiger partial charge on any atom is -0.493 e. The predicted molar refractivity (Wildman–Crippen MR) is 314 cm³/mol. The van der Waals surface area contributed by atoms with Gasteiger partial charge in [0.25, 0.3) is 11.8 Å². The molecule has 23 heteroatoms. The van der Waals surface area contributed by atoms with Crippen molar-refractivity contribution in [3.05, 3.63) is 107 Å². The highest BCUT2D eigenvalue weighted by Gasteiger charge is 2.40. The number of nitrogens with one attached hydrogen (secondary N) is 3. The molecule has 1 unspecified atom stereocenters. The number of carbonyl (C=O) groups excluding carboxylic acids is 7. The third kappa shape index (κ3) is 14.2. The summed E-state index contributed by atoms with van der Waals surface area (Å²) in [5.41, 5.74) is 4.94. The Balaban J connectivity index is 0.729. The van der Waals surface area contributed by atoms with Crippen LogP contribution in [0.25, 0.3) is 11.1 Å². The average molecular weight is 1190 g/mol. The van der Waals surface area contributed by atoms with E-state index in [2.05, 4.69) is 25.7 Å². The Labute approximate surface area is 495 Å². The molecule has 0 bridgehead atoms. The fourth-order valence-corrected chi connectivity index (χ4v) is 10.8. The number of carbonyl (C=O) groups is 7. The van der Waals surface area contributed by atoms with Crippen LogP contribution < -0.4 is 39.6 Å². The lowest BCUT2D eigenvalue weighted by Gasteiger charge is -2.24. The Bertz CT molecular complexity index is 3400. The van der Waals surface area contributed by atoms with Crippen molar-refractivity contribution in [1.29, 1.82) is 0 Å². The first-order valence-electron chi connectivity index (χ1n) is 28.7. The molecule has 5 heterocycles. The lowest BCUT2D eigenvalue weighted by Crippen LogP contribution is -2.53. The summed E-state index contributed by atoms with van der Waals surface area (Å²) in [6.45, 7) is 9.72. The van der Waals surface area contributed by atoms with E-state index in [9.17, 15) is 46.7 Å². The first kappa shape index (κ1) is 61.5. The molecule has 0 spiro atoms. The molecule has 454 valence electrons. The molecule has 0 aliphatic carbocycles. The molecule has 5 aliphatic rings. The molecule has 5 atom stereocenters. The number of nitrogens with zero attached hydrogens (tertiary/aromatic N) is 5. The second kappa shape index (κ2) is 26.5. The van der Waals surface area contributed by atoms with Crippen LogP contribution in [0.4, 0.5) is 30.2 Å². The SMILES string of the molecule is COc1cc2c(cc1OCCCOc1cc3c(cc1OC)C(=O)N1C=C(c4ccc(OC(F)(F)F)cc4)C[C@H]1C=N3)N=C[C@@H]1CC(c3ccc(NC(=O)[C@H](C)NC(=O)[C@@H](NC(=O)CCCCCN4C(=O)CC(C(C)C)C4=O)C(C)C)cc3)=CN1C2=O. The second-order valence-electron chi connectivity index (χ2n) is 22.3. The van der Waals surface area contributed by atoms with E-state index in [0.717, 1.165) is 16.7 Å². The Morgan fingerprint density at radius 3 is 1.67 bits per heavy atom. The van der Waals surface area contributed by atoms with Gasteiger partial charge in [0, 0.05) is 87.2 Å². The number of hydrogen-bond acceptors (Lipinski definition) is 14. The molecule has 0 saturated carbocycles. The second-order valence-corrected chi connectivity index (χ2v) is 22.3. The Morgan fingerprint density at radius 1 is 0.651 bits per heavy atom. The number of halogens is 3. The maximum atomic E-state index is 14.1. The molecule has 4 aromatic rings. The van der Waals surface area contributed by atoms with E-state index in [0.29, 0.717) is 96.3 Å². The highest BCUT2D eigenvalue weighted by Crippen LogP contribution is 2.42. The molecule has 0 radical (unpaired) electrons. The summed E-state index contributed by atoms with van der Waals surface area (Å²) in [5, 5.41) is 8.36. The smallest absolute Gasteiger partial charge is 0.493 e. The number of imide groups is 1.